The van der Waals surface area contributed by atoms with Crippen molar-refractivity contribution in [2.24, 2.45) is 0 Å². The van der Waals surface area contributed by atoms with Crippen molar-refractivity contribution in [1.82, 2.24) is 9.38 Å². The molecule has 10 heteroatoms. The van der Waals surface area contributed by atoms with Crippen LogP contribution in [0, 0.1) is 5.82 Å². The molecule has 0 spiro atoms. The van der Waals surface area contributed by atoms with Gasteiger partial charge in [0.1, 0.15) is 5.82 Å². The fraction of sp³-hybridized carbons (Fsp3) is 0.100. The third-order valence-electron chi connectivity index (χ3n) is 4.15. The fourth-order valence-electron chi connectivity index (χ4n) is 2.86. The lowest BCUT2D eigenvalue weighted by atomic mass is 10.2. The highest BCUT2D eigenvalue weighted by atomic mass is 32.1. The van der Waals surface area contributed by atoms with Crippen molar-refractivity contribution in [3.8, 4) is 17.0 Å². The molecule has 0 aliphatic heterocycles. The third-order valence-corrected chi connectivity index (χ3v) is 5.04. The lowest BCUT2D eigenvalue weighted by Crippen LogP contribution is -2.20. The Morgan fingerprint density at radius 1 is 1.13 bits per heavy atom. The highest BCUT2D eigenvalue weighted by molar-refractivity contribution is 7.15. The minimum Gasteiger partial charge on any atom is -0.404 e. The van der Waals surface area contributed by atoms with Crippen LogP contribution in [0.4, 0.5) is 23.2 Å². The number of halogens is 4. The van der Waals surface area contributed by atoms with Gasteiger partial charge in [0, 0.05) is 22.8 Å². The normalized spacial score (nSPS) is 11.6. The number of ether oxygens (including phenoxy) is 1. The Bertz CT molecular complexity index is 1200. The van der Waals surface area contributed by atoms with Gasteiger partial charge in [-0.2, -0.15) is 0 Å². The zero-order valence-electron chi connectivity index (χ0n) is 15.1. The number of anilines is 1. The summed E-state index contributed by atoms with van der Waals surface area (Å²) in [5.74, 6) is -1.35. The van der Waals surface area contributed by atoms with E-state index in [1.807, 2.05) is 0 Å². The number of carbonyl (C=O) groups excluding carboxylic acids is 1. The Balaban J connectivity index is 1.52. The first kappa shape index (κ1) is 19.9. The van der Waals surface area contributed by atoms with Crippen molar-refractivity contribution >= 4 is 27.9 Å². The molecule has 30 heavy (non-hydrogen) atoms. The van der Waals surface area contributed by atoms with Gasteiger partial charge in [-0.15, -0.1) is 24.5 Å². The van der Waals surface area contributed by atoms with Crippen LogP contribution in [-0.2, 0) is 11.2 Å². The van der Waals surface area contributed by atoms with E-state index in [1.165, 1.54) is 41.7 Å². The molecule has 0 unspecified atom stereocenters. The van der Waals surface area contributed by atoms with Gasteiger partial charge in [0.2, 0.25) is 5.91 Å². The summed E-state index contributed by atoms with van der Waals surface area (Å²) < 4.78 is 56.4. The molecule has 0 aliphatic carbocycles. The van der Waals surface area contributed by atoms with Crippen LogP contribution in [0.1, 0.15) is 5.69 Å². The molecule has 0 saturated carbocycles. The molecule has 1 amide bonds. The number of thiazole rings is 1. The number of nitrogens with one attached hydrogen (secondary N) is 1. The summed E-state index contributed by atoms with van der Waals surface area (Å²) in [6.07, 6.45) is -3.23. The number of amides is 1. The monoisotopic (exact) mass is 435 g/mol. The minimum absolute atomic E-state index is 0.0797. The standard InChI is InChI=1S/C20H13F4N3O2S/c21-13-7-5-12(6-8-13)16-10-27-14(11-30-19(27)26-16)9-18(28)25-15-3-1-2-4-17(15)29-20(22,23)24/h1-8,10-11H,9H2,(H,25,28). The van der Waals surface area contributed by atoms with E-state index in [4.69, 9.17) is 0 Å². The van der Waals surface area contributed by atoms with Gasteiger partial charge in [-0.25, -0.2) is 9.37 Å². The molecular weight excluding hydrogens is 422 g/mol. The van der Waals surface area contributed by atoms with Gasteiger partial charge in [-0.3, -0.25) is 9.20 Å². The zero-order chi connectivity index (χ0) is 21.3. The molecule has 154 valence electrons. The lowest BCUT2D eigenvalue weighted by molar-refractivity contribution is -0.274. The van der Waals surface area contributed by atoms with E-state index in [-0.39, 0.29) is 17.9 Å². The quantitative estimate of drug-likeness (QED) is 0.434. The maximum Gasteiger partial charge on any atom is 0.573 e. The Hall–Kier alpha value is -3.40. The average Bonchev–Trinajstić information content (AvgIpc) is 3.25. The summed E-state index contributed by atoms with van der Waals surface area (Å²) in [5.41, 5.74) is 1.87. The van der Waals surface area contributed by atoms with Crippen molar-refractivity contribution in [2.75, 3.05) is 5.32 Å². The number of carbonyl (C=O) groups is 1. The van der Waals surface area contributed by atoms with Crippen LogP contribution < -0.4 is 10.1 Å². The maximum atomic E-state index is 13.1. The second-order valence-corrected chi connectivity index (χ2v) is 7.12. The lowest BCUT2D eigenvalue weighted by Gasteiger charge is -2.13. The van der Waals surface area contributed by atoms with E-state index in [2.05, 4.69) is 15.0 Å². The first-order valence-electron chi connectivity index (χ1n) is 8.64. The highest BCUT2D eigenvalue weighted by Gasteiger charge is 2.32. The molecule has 2 heterocycles. The number of imidazole rings is 1. The molecule has 0 fully saturated rings. The van der Waals surface area contributed by atoms with Crippen LogP contribution >= 0.6 is 11.3 Å². The van der Waals surface area contributed by atoms with Gasteiger partial charge in [0.05, 0.1) is 17.8 Å². The molecule has 0 radical (unpaired) electrons. The molecule has 2 aromatic heterocycles. The zero-order valence-corrected chi connectivity index (χ0v) is 15.9. The molecular formula is C20H13F4N3O2S. The van der Waals surface area contributed by atoms with E-state index in [0.29, 0.717) is 16.3 Å². The number of para-hydroxylation sites is 2. The van der Waals surface area contributed by atoms with E-state index in [1.54, 1.807) is 28.1 Å². The molecule has 2 aromatic carbocycles. The van der Waals surface area contributed by atoms with Crippen molar-refractivity contribution < 1.29 is 27.1 Å². The topological polar surface area (TPSA) is 55.6 Å². The van der Waals surface area contributed by atoms with Gasteiger partial charge in [-0.05, 0) is 36.4 Å². The molecule has 4 rings (SSSR count). The van der Waals surface area contributed by atoms with Crippen LogP contribution in [0.25, 0.3) is 16.2 Å². The fourth-order valence-corrected chi connectivity index (χ4v) is 3.73. The number of hydrogen-bond donors (Lipinski definition) is 1. The highest BCUT2D eigenvalue weighted by Crippen LogP contribution is 2.30. The largest absolute Gasteiger partial charge is 0.573 e. The number of hydrogen-bond acceptors (Lipinski definition) is 4. The minimum atomic E-state index is -4.87. The molecule has 4 aromatic rings. The Labute approximate surface area is 171 Å². The second kappa shape index (κ2) is 7.79. The molecule has 1 N–H and O–H groups in total. The van der Waals surface area contributed by atoms with Gasteiger partial charge in [0.15, 0.2) is 10.7 Å². The average molecular weight is 435 g/mol. The first-order valence-corrected chi connectivity index (χ1v) is 9.52. The Morgan fingerprint density at radius 3 is 2.60 bits per heavy atom. The maximum absolute atomic E-state index is 13.1. The number of benzene rings is 2. The van der Waals surface area contributed by atoms with Crippen molar-refractivity contribution in [2.45, 2.75) is 12.8 Å². The number of rotatable bonds is 5. The molecule has 0 bridgehead atoms. The van der Waals surface area contributed by atoms with Crippen molar-refractivity contribution in [1.29, 1.82) is 0 Å². The van der Waals surface area contributed by atoms with Crippen LogP contribution in [-0.4, -0.2) is 21.7 Å². The van der Waals surface area contributed by atoms with Gasteiger partial charge in [-0.1, -0.05) is 12.1 Å². The number of fused-ring (bicyclic) bond motifs is 1. The summed E-state index contributed by atoms with van der Waals surface area (Å²) in [6, 6.07) is 11.2. The summed E-state index contributed by atoms with van der Waals surface area (Å²) in [6.45, 7) is 0. The summed E-state index contributed by atoms with van der Waals surface area (Å²) in [5, 5.41) is 4.19. The molecule has 5 nitrogen and oxygen atoms in total. The summed E-state index contributed by atoms with van der Waals surface area (Å²) >= 11 is 1.32. The van der Waals surface area contributed by atoms with E-state index in [9.17, 15) is 22.4 Å². The van der Waals surface area contributed by atoms with E-state index >= 15 is 0 Å². The molecule has 0 saturated heterocycles. The Morgan fingerprint density at radius 2 is 1.87 bits per heavy atom. The summed E-state index contributed by atoms with van der Waals surface area (Å²) in [7, 11) is 0. The first-order chi connectivity index (χ1) is 14.3. The van der Waals surface area contributed by atoms with Crippen LogP contribution in [0.15, 0.2) is 60.1 Å². The predicted molar refractivity (Wildman–Crippen MR) is 104 cm³/mol. The second-order valence-electron chi connectivity index (χ2n) is 6.28. The number of alkyl halides is 3. The SMILES string of the molecule is O=C(Cc1csc2nc(-c3ccc(F)cc3)cn12)Nc1ccccc1OC(F)(F)F. The van der Waals surface area contributed by atoms with Gasteiger partial charge < -0.3 is 10.1 Å². The van der Waals surface area contributed by atoms with Crippen molar-refractivity contribution in [3.63, 3.8) is 0 Å². The van der Waals surface area contributed by atoms with E-state index in [0.717, 1.165) is 11.6 Å². The predicted octanol–water partition coefficient (Wildman–Crippen LogP) is 5.28. The number of aromatic nitrogens is 2. The third kappa shape index (κ3) is 4.43. The van der Waals surface area contributed by atoms with Crippen LogP contribution in [0.5, 0.6) is 5.75 Å². The molecule has 0 aliphatic rings. The van der Waals surface area contributed by atoms with Crippen molar-refractivity contribution in [3.05, 3.63) is 71.6 Å². The van der Waals surface area contributed by atoms with Crippen LogP contribution in [0.3, 0.4) is 0 Å². The number of nitrogens with zero attached hydrogens (tertiary/aromatic N) is 2. The summed E-state index contributed by atoms with van der Waals surface area (Å²) in [4.78, 5) is 17.5. The van der Waals surface area contributed by atoms with Gasteiger partial charge in [0.25, 0.3) is 0 Å². The van der Waals surface area contributed by atoms with Gasteiger partial charge >= 0.3 is 6.36 Å². The van der Waals surface area contributed by atoms with E-state index < -0.39 is 18.0 Å². The smallest absolute Gasteiger partial charge is 0.404 e. The Kier molecular flexibility index (Phi) is 5.17. The molecule has 0 atom stereocenters. The van der Waals surface area contributed by atoms with Crippen LogP contribution in [0.2, 0.25) is 0 Å².